The maximum Gasteiger partial charge on any atom is 0.266 e. The molecule has 1 unspecified atom stereocenters. The van der Waals surface area contributed by atoms with Crippen molar-refractivity contribution in [3.8, 4) is 5.69 Å². The molecule has 1 aromatic heterocycles. The maximum atomic E-state index is 13.1. The van der Waals surface area contributed by atoms with Crippen molar-refractivity contribution < 1.29 is 0 Å². The first-order valence-corrected chi connectivity index (χ1v) is 7.99. The quantitative estimate of drug-likeness (QED) is 0.802. The van der Waals surface area contributed by atoms with Crippen molar-refractivity contribution in [1.82, 2.24) is 14.9 Å². The smallest absolute Gasteiger partial charge is 0.266 e. The molecule has 24 heavy (non-hydrogen) atoms. The zero-order chi connectivity index (χ0) is 17.3. The van der Waals surface area contributed by atoms with Crippen LogP contribution in [0.2, 0.25) is 0 Å². The van der Waals surface area contributed by atoms with E-state index in [-0.39, 0.29) is 11.6 Å². The number of benzene rings is 2. The van der Waals surface area contributed by atoms with E-state index in [2.05, 4.69) is 5.32 Å². The summed E-state index contributed by atoms with van der Waals surface area (Å²) in [6.07, 6.45) is 0. The third kappa shape index (κ3) is 2.78. The first kappa shape index (κ1) is 16.2. The van der Waals surface area contributed by atoms with E-state index in [4.69, 9.17) is 4.98 Å². The summed E-state index contributed by atoms with van der Waals surface area (Å²) in [5, 5.41) is 3.81. The van der Waals surface area contributed by atoms with Gasteiger partial charge in [0.15, 0.2) is 0 Å². The van der Waals surface area contributed by atoms with Gasteiger partial charge in [-0.3, -0.25) is 9.36 Å². The van der Waals surface area contributed by atoms with Gasteiger partial charge in [0.2, 0.25) is 0 Å². The Labute approximate surface area is 141 Å². The summed E-state index contributed by atoms with van der Waals surface area (Å²) in [6, 6.07) is 15.3. The third-order valence-electron chi connectivity index (χ3n) is 4.25. The highest BCUT2D eigenvalue weighted by Crippen LogP contribution is 2.20. The Hall–Kier alpha value is -2.66. The zero-order valence-corrected chi connectivity index (χ0v) is 14.4. The Morgan fingerprint density at radius 1 is 1.08 bits per heavy atom. The molecular formula is C19H22N4O. The predicted molar refractivity (Wildman–Crippen MR) is 99.1 cm³/mol. The van der Waals surface area contributed by atoms with Gasteiger partial charge in [0.1, 0.15) is 5.82 Å². The first-order valence-electron chi connectivity index (χ1n) is 7.99. The van der Waals surface area contributed by atoms with Crippen molar-refractivity contribution in [1.29, 1.82) is 0 Å². The van der Waals surface area contributed by atoms with Crippen LogP contribution in [0.25, 0.3) is 16.6 Å². The van der Waals surface area contributed by atoms with Crippen LogP contribution in [-0.4, -0.2) is 30.7 Å². The number of anilines is 1. The van der Waals surface area contributed by atoms with E-state index in [1.165, 1.54) is 0 Å². The molecule has 0 saturated carbocycles. The first-order chi connectivity index (χ1) is 11.5. The summed E-state index contributed by atoms with van der Waals surface area (Å²) in [5.74, 6) is 0.707. The lowest BCUT2D eigenvalue weighted by molar-refractivity contribution is 0.589. The molecule has 0 amide bonds. The van der Waals surface area contributed by atoms with E-state index >= 15 is 0 Å². The number of rotatable bonds is 4. The highest BCUT2D eigenvalue weighted by atomic mass is 16.1. The van der Waals surface area contributed by atoms with Crippen molar-refractivity contribution >= 4 is 16.6 Å². The second-order valence-electron chi connectivity index (χ2n) is 6.05. The third-order valence-corrected chi connectivity index (χ3v) is 4.25. The van der Waals surface area contributed by atoms with Crippen LogP contribution >= 0.6 is 0 Å². The largest absolute Gasteiger partial charge is 0.378 e. The van der Waals surface area contributed by atoms with Crippen LogP contribution in [-0.2, 0) is 0 Å². The van der Waals surface area contributed by atoms with Crippen LogP contribution in [0.3, 0.4) is 0 Å². The summed E-state index contributed by atoms with van der Waals surface area (Å²) in [7, 11) is 5.85. The fraction of sp³-hybridized carbons (Fsp3) is 0.263. The molecule has 3 aromatic rings. The van der Waals surface area contributed by atoms with Crippen molar-refractivity contribution in [2.45, 2.75) is 13.0 Å². The number of aromatic nitrogens is 2. The summed E-state index contributed by atoms with van der Waals surface area (Å²) >= 11 is 0. The van der Waals surface area contributed by atoms with Crippen LogP contribution < -0.4 is 15.8 Å². The average molecular weight is 322 g/mol. The van der Waals surface area contributed by atoms with Crippen LogP contribution in [0.4, 0.5) is 5.69 Å². The van der Waals surface area contributed by atoms with Crippen molar-refractivity contribution in [3.63, 3.8) is 0 Å². The second-order valence-corrected chi connectivity index (χ2v) is 6.05. The van der Waals surface area contributed by atoms with Gasteiger partial charge in [-0.1, -0.05) is 12.1 Å². The van der Waals surface area contributed by atoms with Crippen LogP contribution in [0.5, 0.6) is 0 Å². The number of nitrogens with one attached hydrogen (secondary N) is 1. The minimum absolute atomic E-state index is 0.0455. The monoisotopic (exact) mass is 322 g/mol. The molecule has 1 heterocycles. The number of para-hydroxylation sites is 1. The molecule has 5 nitrogen and oxygen atoms in total. The standard InChI is InChI=1S/C19H22N4O/c1-13(20-2)18-21-17-8-6-5-7-16(17)19(24)23(18)15-11-9-14(10-12-15)22(3)4/h5-13,20H,1-4H3. The Bertz CT molecular complexity index is 913. The zero-order valence-electron chi connectivity index (χ0n) is 14.4. The van der Waals surface area contributed by atoms with E-state index in [0.717, 1.165) is 16.9 Å². The average Bonchev–Trinajstić information content (AvgIpc) is 2.61. The highest BCUT2D eigenvalue weighted by molar-refractivity contribution is 5.78. The highest BCUT2D eigenvalue weighted by Gasteiger charge is 2.16. The molecule has 1 atom stereocenters. The summed E-state index contributed by atoms with van der Waals surface area (Å²) in [4.78, 5) is 19.8. The minimum atomic E-state index is -0.0460. The van der Waals surface area contributed by atoms with E-state index in [9.17, 15) is 4.79 Å². The van der Waals surface area contributed by atoms with Gasteiger partial charge in [0.05, 0.1) is 22.6 Å². The molecule has 5 heteroatoms. The van der Waals surface area contributed by atoms with Crippen LogP contribution in [0.1, 0.15) is 18.8 Å². The molecule has 0 aliphatic rings. The topological polar surface area (TPSA) is 50.2 Å². The Morgan fingerprint density at radius 3 is 2.38 bits per heavy atom. The number of hydrogen-bond donors (Lipinski definition) is 1. The lowest BCUT2D eigenvalue weighted by Gasteiger charge is -2.19. The fourth-order valence-corrected chi connectivity index (χ4v) is 2.72. The van der Waals surface area contributed by atoms with E-state index < -0.39 is 0 Å². The Morgan fingerprint density at radius 2 is 1.75 bits per heavy atom. The van der Waals surface area contributed by atoms with Gasteiger partial charge in [0, 0.05) is 19.8 Å². The van der Waals surface area contributed by atoms with Crippen molar-refractivity contribution in [2.24, 2.45) is 0 Å². The minimum Gasteiger partial charge on any atom is -0.378 e. The van der Waals surface area contributed by atoms with Crippen LogP contribution in [0.15, 0.2) is 53.3 Å². The van der Waals surface area contributed by atoms with Gasteiger partial charge < -0.3 is 10.2 Å². The molecule has 0 fully saturated rings. The SMILES string of the molecule is CNC(C)c1nc2ccccc2c(=O)n1-c1ccc(N(C)C)cc1. The van der Waals surface area contributed by atoms with Gasteiger partial charge in [0.25, 0.3) is 5.56 Å². The molecule has 0 saturated heterocycles. The predicted octanol–water partition coefficient (Wildman–Crippen LogP) is 2.73. The van der Waals surface area contributed by atoms with Gasteiger partial charge in [-0.05, 0) is 50.4 Å². The number of fused-ring (bicyclic) bond motifs is 1. The lowest BCUT2D eigenvalue weighted by Crippen LogP contribution is -2.28. The molecule has 2 aromatic carbocycles. The lowest BCUT2D eigenvalue weighted by atomic mass is 10.2. The summed E-state index contributed by atoms with van der Waals surface area (Å²) < 4.78 is 1.70. The van der Waals surface area contributed by atoms with Gasteiger partial charge in [-0.25, -0.2) is 4.98 Å². The fourth-order valence-electron chi connectivity index (χ4n) is 2.72. The maximum absolute atomic E-state index is 13.1. The van der Waals surface area contributed by atoms with Gasteiger partial charge in [-0.15, -0.1) is 0 Å². The molecule has 124 valence electrons. The molecule has 0 radical (unpaired) electrons. The molecule has 0 aliphatic heterocycles. The Kier molecular flexibility index (Phi) is 4.36. The van der Waals surface area contributed by atoms with Crippen molar-refractivity contribution in [2.75, 3.05) is 26.0 Å². The van der Waals surface area contributed by atoms with Crippen LogP contribution in [0, 0.1) is 0 Å². The van der Waals surface area contributed by atoms with Crippen molar-refractivity contribution in [3.05, 3.63) is 64.7 Å². The molecule has 0 bridgehead atoms. The molecule has 3 rings (SSSR count). The summed E-state index contributed by atoms with van der Waals surface area (Å²) in [5.41, 5.74) is 2.58. The number of hydrogen-bond acceptors (Lipinski definition) is 4. The molecule has 1 N–H and O–H groups in total. The normalized spacial score (nSPS) is 12.3. The van der Waals surface area contributed by atoms with Gasteiger partial charge >= 0.3 is 0 Å². The molecular weight excluding hydrogens is 300 g/mol. The molecule has 0 spiro atoms. The summed E-state index contributed by atoms with van der Waals surface area (Å²) in [6.45, 7) is 2.00. The Balaban J connectivity index is 2.28. The van der Waals surface area contributed by atoms with E-state index in [0.29, 0.717) is 11.2 Å². The van der Waals surface area contributed by atoms with E-state index in [1.54, 1.807) is 4.57 Å². The number of nitrogens with zero attached hydrogens (tertiary/aromatic N) is 3. The second kappa shape index (κ2) is 6.45. The molecule has 0 aliphatic carbocycles. The van der Waals surface area contributed by atoms with Gasteiger partial charge in [-0.2, -0.15) is 0 Å². The van der Waals surface area contributed by atoms with E-state index in [1.807, 2.05) is 81.5 Å².